The molecule has 0 radical (unpaired) electrons. The maximum Gasteiger partial charge on any atom is 0.416 e. The van der Waals surface area contributed by atoms with E-state index in [4.69, 9.17) is 4.74 Å². The number of rotatable bonds is 8. The van der Waals surface area contributed by atoms with Crippen LogP contribution in [-0.4, -0.2) is 29.5 Å². The van der Waals surface area contributed by atoms with Crippen molar-refractivity contribution in [2.24, 2.45) is 0 Å². The molecule has 0 N–H and O–H groups in total. The largest absolute Gasteiger partial charge is 0.447 e. The average Bonchev–Trinajstić information content (AvgIpc) is 2.88. The lowest BCUT2D eigenvalue weighted by molar-refractivity contribution is -0.129. The minimum Gasteiger partial charge on any atom is -0.447 e. The monoisotopic (exact) mass is 303 g/mol. The Morgan fingerprint density at radius 1 is 1.18 bits per heavy atom. The standard InChI is InChI=1S/C18H25NO3/c1-2-3-4-5-9-12-17(20)19-16(14-22-18(19)21)13-15-10-7-6-8-11-15/h6-8,10-11,16H,2-5,9,12-14H2,1H3. The molecular weight excluding hydrogens is 278 g/mol. The number of cyclic esters (lactones) is 1. The second-order valence-electron chi connectivity index (χ2n) is 5.85. The van der Waals surface area contributed by atoms with Gasteiger partial charge in [0.25, 0.3) is 0 Å². The fourth-order valence-corrected chi connectivity index (χ4v) is 2.80. The van der Waals surface area contributed by atoms with E-state index in [2.05, 4.69) is 6.92 Å². The Balaban J connectivity index is 1.86. The van der Waals surface area contributed by atoms with Crippen LogP contribution in [-0.2, 0) is 16.0 Å². The Bertz CT molecular complexity index is 486. The first-order valence-electron chi connectivity index (χ1n) is 8.25. The van der Waals surface area contributed by atoms with Crippen LogP contribution in [0.4, 0.5) is 4.79 Å². The fourth-order valence-electron chi connectivity index (χ4n) is 2.80. The van der Waals surface area contributed by atoms with Crippen LogP contribution < -0.4 is 0 Å². The van der Waals surface area contributed by atoms with Gasteiger partial charge in [-0.25, -0.2) is 9.69 Å². The van der Waals surface area contributed by atoms with Gasteiger partial charge >= 0.3 is 6.09 Å². The third kappa shape index (κ3) is 4.58. The minimum atomic E-state index is -0.487. The van der Waals surface area contributed by atoms with E-state index in [0.717, 1.165) is 24.8 Å². The molecule has 2 amide bonds. The highest BCUT2D eigenvalue weighted by Crippen LogP contribution is 2.19. The number of hydrogen-bond acceptors (Lipinski definition) is 3. The second-order valence-corrected chi connectivity index (χ2v) is 5.85. The quantitative estimate of drug-likeness (QED) is 0.683. The summed E-state index contributed by atoms with van der Waals surface area (Å²) in [6, 6.07) is 9.74. The van der Waals surface area contributed by atoms with Gasteiger partial charge in [-0.2, -0.15) is 0 Å². The number of amides is 2. The predicted octanol–water partition coefficient (Wildman–Crippen LogP) is 3.94. The van der Waals surface area contributed by atoms with Gasteiger partial charge < -0.3 is 4.74 Å². The van der Waals surface area contributed by atoms with Gasteiger partial charge in [-0.15, -0.1) is 0 Å². The molecule has 1 fully saturated rings. The maximum atomic E-state index is 12.3. The Morgan fingerprint density at radius 2 is 1.91 bits per heavy atom. The van der Waals surface area contributed by atoms with Crippen molar-refractivity contribution in [1.82, 2.24) is 4.90 Å². The van der Waals surface area contributed by atoms with Crippen molar-refractivity contribution in [3.8, 4) is 0 Å². The van der Waals surface area contributed by atoms with E-state index in [1.165, 1.54) is 17.7 Å². The van der Waals surface area contributed by atoms with Gasteiger partial charge in [-0.1, -0.05) is 62.9 Å². The first-order valence-corrected chi connectivity index (χ1v) is 8.25. The van der Waals surface area contributed by atoms with Crippen molar-refractivity contribution >= 4 is 12.0 Å². The zero-order valence-electron chi connectivity index (χ0n) is 13.3. The average molecular weight is 303 g/mol. The van der Waals surface area contributed by atoms with E-state index in [-0.39, 0.29) is 11.9 Å². The first-order chi connectivity index (χ1) is 10.7. The Hall–Kier alpha value is -1.84. The van der Waals surface area contributed by atoms with Crippen LogP contribution in [0.5, 0.6) is 0 Å². The van der Waals surface area contributed by atoms with Crippen LogP contribution in [0.2, 0.25) is 0 Å². The van der Waals surface area contributed by atoms with Crippen molar-refractivity contribution in [3.05, 3.63) is 35.9 Å². The molecule has 4 heteroatoms. The summed E-state index contributed by atoms with van der Waals surface area (Å²) in [6.07, 6.45) is 6.05. The summed E-state index contributed by atoms with van der Waals surface area (Å²) >= 11 is 0. The number of ether oxygens (including phenoxy) is 1. The van der Waals surface area contributed by atoms with Gasteiger partial charge in [0.2, 0.25) is 5.91 Å². The molecule has 0 bridgehead atoms. The normalized spacial score (nSPS) is 17.6. The molecule has 1 aromatic rings. The van der Waals surface area contributed by atoms with E-state index in [9.17, 15) is 9.59 Å². The SMILES string of the molecule is CCCCCCCC(=O)N1C(=O)OCC1Cc1ccccc1. The molecule has 1 aliphatic rings. The zero-order chi connectivity index (χ0) is 15.8. The highest BCUT2D eigenvalue weighted by Gasteiger charge is 2.37. The summed E-state index contributed by atoms with van der Waals surface area (Å²) in [5.41, 5.74) is 1.12. The van der Waals surface area contributed by atoms with Crippen LogP contribution in [0.25, 0.3) is 0 Å². The Labute approximate surface area is 132 Å². The van der Waals surface area contributed by atoms with Crippen molar-refractivity contribution in [1.29, 1.82) is 0 Å². The molecule has 2 rings (SSSR count). The molecule has 1 heterocycles. The number of carbonyl (C=O) groups excluding carboxylic acids is 2. The lowest BCUT2D eigenvalue weighted by Gasteiger charge is -2.19. The maximum absolute atomic E-state index is 12.3. The summed E-state index contributed by atoms with van der Waals surface area (Å²) in [5.74, 6) is -0.0973. The lowest BCUT2D eigenvalue weighted by Crippen LogP contribution is -2.40. The Morgan fingerprint density at radius 3 is 2.64 bits per heavy atom. The molecule has 1 unspecified atom stereocenters. The molecule has 1 aromatic carbocycles. The summed E-state index contributed by atoms with van der Waals surface area (Å²) in [7, 11) is 0. The van der Waals surface area contributed by atoms with Gasteiger partial charge in [0, 0.05) is 6.42 Å². The molecule has 0 spiro atoms. The van der Waals surface area contributed by atoms with Crippen LogP contribution in [0.15, 0.2) is 30.3 Å². The number of benzene rings is 1. The van der Waals surface area contributed by atoms with Crippen LogP contribution in [0, 0.1) is 0 Å². The molecule has 4 nitrogen and oxygen atoms in total. The number of hydrogen-bond donors (Lipinski definition) is 0. The van der Waals surface area contributed by atoms with Crippen LogP contribution in [0.1, 0.15) is 51.0 Å². The summed E-state index contributed by atoms with van der Waals surface area (Å²) < 4.78 is 5.08. The molecule has 120 valence electrons. The minimum absolute atomic E-state index is 0.0973. The molecular formula is C18H25NO3. The molecule has 1 saturated heterocycles. The number of imide groups is 1. The number of unbranched alkanes of at least 4 members (excludes halogenated alkanes) is 4. The molecule has 0 saturated carbocycles. The van der Waals surface area contributed by atoms with Crippen molar-refractivity contribution in [3.63, 3.8) is 0 Å². The van der Waals surface area contributed by atoms with Crippen molar-refractivity contribution < 1.29 is 14.3 Å². The van der Waals surface area contributed by atoms with E-state index in [1.807, 2.05) is 30.3 Å². The topological polar surface area (TPSA) is 46.6 Å². The van der Waals surface area contributed by atoms with E-state index < -0.39 is 6.09 Å². The number of nitrogens with zero attached hydrogens (tertiary/aromatic N) is 1. The van der Waals surface area contributed by atoms with Crippen molar-refractivity contribution in [2.75, 3.05) is 6.61 Å². The third-order valence-corrected chi connectivity index (χ3v) is 4.04. The molecule has 0 aromatic heterocycles. The zero-order valence-corrected chi connectivity index (χ0v) is 13.3. The Kier molecular flexibility index (Phi) is 6.44. The molecule has 22 heavy (non-hydrogen) atoms. The highest BCUT2D eigenvalue weighted by atomic mass is 16.6. The van der Waals surface area contributed by atoms with E-state index >= 15 is 0 Å². The molecule has 0 aliphatic carbocycles. The second kappa shape index (κ2) is 8.57. The van der Waals surface area contributed by atoms with E-state index in [0.29, 0.717) is 19.4 Å². The van der Waals surface area contributed by atoms with Gasteiger partial charge in [-0.3, -0.25) is 4.79 Å². The molecule has 1 atom stereocenters. The fraction of sp³-hybridized carbons (Fsp3) is 0.556. The summed E-state index contributed by atoms with van der Waals surface area (Å²) in [4.78, 5) is 25.5. The lowest BCUT2D eigenvalue weighted by atomic mass is 10.1. The van der Waals surface area contributed by atoms with Crippen LogP contribution >= 0.6 is 0 Å². The van der Waals surface area contributed by atoms with Crippen molar-refractivity contribution in [2.45, 2.75) is 57.9 Å². The smallest absolute Gasteiger partial charge is 0.416 e. The number of carbonyl (C=O) groups is 2. The van der Waals surface area contributed by atoms with E-state index in [1.54, 1.807) is 0 Å². The van der Waals surface area contributed by atoms with Gasteiger partial charge in [0.05, 0.1) is 6.04 Å². The van der Waals surface area contributed by atoms with Gasteiger partial charge in [0.1, 0.15) is 6.61 Å². The first kappa shape index (κ1) is 16.5. The van der Waals surface area contributed by atoms with Gasteiger partial charge in [0.15, 0.2) is 0 Å². The predicted molar refractivity (Wildman–Crippen MR) is 85.5 cm³/mol. The molecule has 1 aliphatic heterocycles. The summed E-state index contributed by atoms with van der Waals surface area (Å²) in [6.45, 7) is 2.47. The van der Waals surface area contributed by atoms with Gasteiger partial charge in [-0.05, 0) is 18.4 Å². The highest BCUT2D eigenvalue weighted by molar-refractivity contribution is 5.93. The van der Waals surface area contributed by atoms with Crippen LogP contribution in [0.3, 0.4) is 0 Å². The third-order valence-electron chi connectivity index (χ3n) is 4.04. The summed E-state index contributed by atoms with van der Waals surface area (Å²) in [5, 5.41) is 0.